The van der Waals surface area contributed by atoms with E-state index in [-0.39, 0.29) is 11.8 Å². The van der Waals surface area contributed by atoms with Gasteiger partial charge in [-0.15, -0.1) is 0 Å². The van der Waals surface area contributed by atoms with Crippen LogP contribution in [-0.2, 0) is 4.79 Å². The molecule has 21 heavy (non-hydrogen) atoms. The molecule has 2 aliphatic rings. The summed E-state index contributed by atoms with van der Waals surface area (Å²) in [5, 5.41) is 0. The number of nitrogens with one attached hydrogen (secondary N) is 2. The molecule has 2 fully saturated rings. The number of fused-ring (bicyclic) bond motifs is 2. The average Bonchev–Trinajstić information content (AvgIpc) is 3.11. The highest BCUT2D eigenvalue weighted by atomic mass is 16.3. The van der Waals surface area contributed by atoms with Gasteiger partial charge in [0.05, 0.1) is 5.56 Å². The summed E-state index contributed by atoms with van der Waals surface area (Å²) in [7, 11) is 0. The van der Waals surface area contributed by atoms with Crippen molar-refractivity contribution in [3.63, 3.8) is 0 Å². The topological polar surface area (TPSA) is 71.3 Å². The minimum atomic E-state index is -0.328. The van der Waals surface area contributed by atoms with Crippen LogP contribution in [0.2, 0.25) is 0 Å². The molecule has 2 bridgehead atoms. The van der Waals surface area contributed by atoms with Crippen LogP contribution in [0.5, 0.6) is 0 Å². The van der Waals surface area contributed by atoms with Gasteiger partial charge in [0, 0.05) is 6.42 Å². The quantitative estimate of drug-likeness (QED) is 0.840. The lowest BCUT2D eigenvalue weighted by Gasteiger charge is -2.20. The molecule has 0 unspecified atom stereocenters. The van der Waals surface area contributed by atoms with Crippen LogP contribution in [0.1, 0.15) is 54.0 Å². The third-order valence-electron chi connectivity index (χ3n) is 4.93. The summed E-state index contributed by atoms with van der Waals surface area (Å²) in [5.74, 6) is 2.87. The Hall–Kier alpha value is -1.78. The van der Waals surface area contributed by atoms with E-state index in [9.17, 15) is 9.59 Å². The first kappa shape index (κ1) is 14.2. The van der Waals surface area contributed by atoms with E-state index in [1.807, 2.05) is 0 Å². The smallest absolute Gasteiger partial charge is 0.273 e. The molecule has 2 N–H and O–H groups in total. The number of amides is 2. The Labute approximate surface area is 124 Å². The Balaban J connectivity index is 1.47. The van der Waals surface area contributed by atoms with E-state index in [1.165, 1.54) is 25.7 Å². The van der Waals surface area contributed by atoms with Crippen LogP contribution in [-0.4, -0.2) is 11.8 Å². The summed E-state index contributed by atoms with van der Waals surface area (Å²) in [6, 6.07) is 1.67. The highest BCUT2D eigenvalue weighted by Crippen LogP contribution is 2.49. The Morgan fingerprint density at radius 3 is 2.62 bits per heavy atom. The number of rotatable bonds is 3. The number of furan rings is 1. The second-order valence-electron chi connectivity index (χ2n) is 6.47. The summed E-state index contributed by atoms with van der Waals surface area (Å²) < 4.78 is 5.31. The van der Waals surface area contributed by atoms with Crippen LogP contribution < -0.4 is 10.9 Å². The van der Waals surface area contributed by atoms with Gasteiger partial charge >= 0.3 is 0 Å². The molecule has 1 aromatic heterocycles. The lowest BCUT2D eigenvalue weighted by atomic mass is 9.86. The zero-order chi connectivity index (χ0) is 15.0. The maximum absolute atomic E-state index is 12.0. The van der Waals surface area contributed by atoms with Crippen molar-refractivity contribution in [2.24, 2.45) is 17.8 Å². The number of hydrogen-bond acceptors (Lipinski definition) is 3. The van der Waals surface area contributed by atoms with Crippen molar-refractivity contribution in [2.75, 3.05) is 0 Å². The lowest BCUT2D eigenvalue weighted by Crippen LogP contribution is -2.42. The molecule has 5 nitrogen and oxygen atoms in total. The SMILES string of the molecule is Cc1cc(C(=O)NNC(=O)C[C@@H]2C[C@H]3CC[C@H]2C3)c(C)o1. The molecule has 1 aromatic rings. The molecule has 0 radical (unpaired) electrons. The fourth-order valence-electron chi connectivity index (χ4n) is 3.97. The van der Waals surface area contributed by atoms with Gasteiger partial charge in [-0.1, -0.05) is 6.42 Å². The van der Waals surface area contributed by atoms with E-state index in [1.54, 1.807) is 19.9 Å². The van der Waals surface area contributed by atoms with Gasteiger partial charge in [-0.3, -0.25) is 20.4 Å². The molecular formula is C16H22N2O3. The molecule has 1 heterocycles. The third-order valence-corrected chi connectivity index (χ3v) is 4.93. The predicted octanol–water partition coefficient (Wildman–Crippen LogP) is 2.48. The number of carbonyl (C=O) groups excluding carboxylic acids is 2. The first-order valence-electron chi connectivity index (χ1n) is 7.69. The van der Waals surface area contributed by atoms with Crippen LogP contribution in [0.15, 0.2) is 10.5 Å². The van der Waals surface area contributed by atoms with Crippen molar-refractivity contribution >= 4 is 11.8 Å². The van der Waals surface area contributed by atoms with Crippen LogP contribution in [0.4, 0.5) is 0 Å². The number of hydrazine groups is 1. The minimum Gasteiger partial charge on any atom is -0.466 e. The standard InChI is InChI=1S/C16H22N2O3/c1-9-5-14(10(2)21-9)16(20)18-17-15(19)8-13-7-11-3-4-12(13)6-11/h5,11-13H,3-4,6-8H2,1-2H3,(H,17,19)(H,18,20)/t11-,12-,13-/m0/s1. The van der Waals surface area contributed by atoms with Crippen molar-refractivity contribution in [1.82, 2.24) is 10.9 Å². The molecule has 0 saturated heterocycles. The minimum absolute atomic E-state index is 0.0984. The van der Waals surface area contributed by atoms with Gasteiger partial charge in [-0.05, 0) is 56.9 Å². The maximum atomic E-state index is 12.0. The first-order valence-corrected chi connectivity index (χ1v) is 7.69. The van der Waals surface area contributed by atoms with Gasteiger partial charge < -0.3 is 4.42 Å². The van der Waals surface area contributed by atoms with Gasteiger partial charge in [0.2, 0.25) is 5.91 Å². The number of carbonyl (C=O) groups is 2. The molecule has 3 rings (SSSR count). The van der Waals surface area contributed by atoms with Crippen LogP contribution in [0, 0.1) is 31.6 Å². The van der Waals surface area contributed by atoms with Crippen LogP contribution >= 0.6 is 0 Å². The van der Waals surface area contributed by atoms with E-state index in [4.69, 9.17) is 4.42 Å². The second kappa shape index (κ2) is 5.54. The Morgan fingerprint density at radius 2 is 2.05 bits per heavy atom. The van der Waals surface area contributed by atoms with E-state index >= 15 is 0 Å². The fourth-order valence-corrected chi connectivity index (χ4v) is 3.97. The molecule has 2 amide bonds. The van der Waals surface area contributed by atoms with Crippen molar-refractivity contribution in [2.45, 2.75) is 46.0 Å². The van der Waals surface area contributed by atoms with Crippen molar-refractivity contribution in [1.29, 1.82) is 0 Å². The summed E-state index contributed by atoms with van der Waals surface area (Å²) in [6.45, 7) is 3.52. The molecule has 114 valence electrons. The highest BCUT2D eigenvalue weighted by Gasteiger charge is 2.40. The van der Waals surface area contributed by atoms with Crippen molar-refractivity contribution in [3.8, 4) is 0 Å². The van der Waals surface area contributed by atoms with Crippen LogP contribution in [0.3, 0.4) is 0 Å². The monoisotopic (exact) mass is 290 g/mol. The van der Waals surface area contributed by atoms with Crippen molar-refractivity contribution in [3.05, 3.63) is 23.2 Å². The summed E-state index contributed by atoms with van der Waals surface area (Å²) in [5.41, 5.74) is 5.46. The summed E-state index contributed by atoms with van der Waals surface area (Å²) in [6.07, 6.45) is 5.58. The molecule has 0 aliphatic heterocycles. The van der Waals surface area contributed by atoms with Gasteiger partial charge in [0.25, 0.3) is 5.91 Å². The lowest BCUT2D eigenvalue weighted by molar-refractivity contribution is -0.123. The van der Waals surface area contributed by atoms with Gasteiger partial charge in [-0.2, -0.15) is 0 Å². The molecule has 3 atom stereocenters. The van der Waals surface area contributed by atoms with E-state index in [0.29, 0.717) is 29.4 Å². The normalized spacial score (nSPS) is 26.9. The molecule has 5 heteroatoms. The third kappa shape index (κ3) is 2.96. The van der Waals surface area contributed by atoms with Crippen LogP contribution in [0.25, 0.3) is 0 Å². The molecule has 2 aliphatic carbocycles. The highest BCUT2D eigenvalue weighted by molar-refractivity contribution is 5.96. The number of aryl methyl sites for hydroxylation is 2. The molecule has 2 saturated carbocycles. The first-order chi connectivity index (χ1) is 10.0. The maximum Gasteiger partial charge on any atom is 0.273 e. The largest absolute Gasteiger partial charge is 0.466 e. The predicted molar refractivity (Wildman–Crippen MR) is 77.3 cm³/mol. The Kier molecular flexibility index (Phi) is 3.74. The zero-order valence-corrected chi connectivity index (χ0v) is 12.6. The van der Waals surface area contributed by atoms with E-state index < -0.39 is 0 Å². The van der Waals surface area contributed by atoms with E-state index in [0.717, 1.165) is 11.8 Å². The molecule has 0 aromatic carbocycles. The Bertz CT molecular complexity index is 564. The second-order valence-corrected chi connectivity index (χ2v) is 6.47. The van der Waals surface area contributed by atoms with E-state index in [2.05, 4.69) is 10.9 Å². The summed E-state index contributed by atoms with van der Waals surface area (Å²) in [4.78, 5) is 23.9. The fraction of sp³-hybridized carbons (Fsp3) is 0.625. The average molecular weight is 290 g/mol. The molecule has 0 spiro atoms. The van der Waals surface area contributed by atoms with Gasteiger partial charge in [0.15, 0.2) is 0 Å². The molecular weight excluding hydrogens is 268 g/mol. The van der Waals surface area contributed by atoms with Gasteiger partial charge in [0.1, 0.15) is 11.5 Å². The van der Waals surface area contributed by atoms with Gasteiger partial charge in [-0.25, -0.2) is 0 Å². The summed E-state index contributed by atoms with van der Waals surface area (Å²) >= 11 is 0. The number of hydrogen-bond donors (Lipinski definition) is 2. The Morgan fingerprint density at radius 1 is 1.24 bits per heavy atom. The zero-order valence-electron chi connectivity index (χ0n) is 12.6. The van der Waals surface area contributed by atoms with Crippen molar-refractivity contribution < 1.29 is 14.0 Å².